The Morgan fingerprint density at radius 2 is 1.36 bits per heavy atom. The number of rotatable bonds is 15. The summed E-state index contributed by atoms with van der Waals surface area (Å²) >= 11 is 0. The van der Waals surface area contributed by atoms with E-state index in [0.29, 0.717) is 17.9 Å². The summed E-state index contributed by atoms with van der Waals surface area (Å²) in [7, 11) is 0. The van der Waals surface area contributed by atoms with Crippen LogP contribution in [0, 0.1) is 0 Å². The predicted octanol–water partition coefficient (Wildman–Crippen LogP) is 5.80. The topological polar surface area (TPSA) is 61.5 Å². The number of ether oxygens (including phenoxy) is 1. The smallest absolute Gasteiger partial charge is 0.342 e. The first-order chi connectivity index (χ1) is 12.3. The molecule has 0 bridgehead atoms. The maximum Gasteiger partial charge on any atom is 0.342 e. The highest BCUT2D eigenvalue weighted by Crippen LogP contribution is 2.18. The number of esters is 1. The Bertz CT molecular complexity index is 462. The summed E-state index contributed by atoms with van der Waals surface area (Å²) in [5, 5.41) is 0. The molecule has 25 heavy (non-hydrogen) atoms. The Morgan fingerprint density at radius 1 is 0.840 bits per heavy atom. The van der Waals surface area contributed by atoms with Crippen molar-refractivity contribution in [3.05, 3.63) is 29.8 Å². The number of para-hydroxylation sites is 1. The van der Waals surface area contributed by atoms with Gasteiger partial charge in [0.15, 0.2) is 5.75 Å². The molecule has 142 valence electrons. The van der Waals surface area contributed by atoms with Gasteiger partial charge in [-0.25, -0.2) is 4.79 Å². The van der Waals surface area contributed by atoms with Crippen LogP contribution in [-0.4, -0.2) is 12.6 Å². The lowest BCUT2D eigenvalue weighted by molar-refractivity contribution is 0.0493. The molecule has 0 spiro atoms. The first kappa shape index (κ1) is 21.5. The Hall–Kier alpha value is -1.55. The van der Waals surface area contributed by atoms with Crippen molar-refractivity contribution in [1.29, 1.82) is 0 Å². The van der Waals surface area contributed by atoms with E-state index < -0.39 is 0 Å². The molecule has 0 unspecified atom stereocenters. The van der Waals surface area contributed by atoms with E-state index in [0.717, 1.165) is 12.8 Å². The van der Waals surface area contributed by atoms with Crippen LogP contribution in [0.3, 0.4) is 0 Å². The Labute approximate surface area is 153 Å². The van der Waals surface area contributed by atoms with Crippen LogP contribution in [0.25, 0.3) is 0 Å². The zero-order valence-corrected chi connectivity index (χ0v) is 15.8. The molecule has 0 atom stereocenters. The summed E-state index contributed by atoms with van der Waals surface area (Å²) in [6.07, 6.45) is 15.5. The molecular formula is C21H35NO3. The van der Waals surface area contributed by atoms with Gasteiger partial charge in [-0.2, -0.15) is 5.90 Å². The fraction of sp³-hybridized carbons (Fsp3) is 0.667. The van der Waals surface area contributed by atoms with Gasteiger partial charge in [0.25, 0.3) is 0 Å². The normalized spacial score (nSPS) is 10.6. The largest absolute Gasteiger partial charge is 0.462 e. The molecule has 0 aliphatic heterocycles. The summed E-state index contributed by atoms with van der Waals surface area (Å²) < 4.78 is 5.29. The molecule has 0 aromatic heterocycles. The van der Waals surface area contributed by atoms with Gasteiger partial charge in [-0.15, -0.1) is 0 Å². The van der Waals surface area contributed by atoms with Crippen molar-refractivity contribution in [2.45, 2.75) is 84.0 Å². The molecular weight excluding hydrogens is 314 g/mol. The zero-order chi connectivity index (χ0) is 18.2. The summed E-state index contributed by atoms with van der Waals surface area (Å²) in [6.45, 7) is 2.71. The second-order valence-corrected chi connectivity index (χ2v) is 6.64. The monoisotopic (exact) mass is 349 g/mol. The molecule has 4 heteroatoms. The van der Waals surface area contributed by atoms with Gasteiger partial charge < -0.3 is 9.57 Å². The fourth-order valence-corrected chi connectivity index (χ4v) is 2.92. The molecule has 0 aliphatic carbocycles. The standard InChI is InChI=1S/C21H35NO3/c1-2-3-4-5-6-7-8-9-10-11-12-15-18-24-21(23)19-16-13-14-17-20(19)25-22/h13-14,16-17H,2-12,15,18,22H2,1H3. The van der Waals surface area contributed by atoms with E-state index >= 15 is 0 Å². The molecule has 0 amide bonds. The second-order valence-electron chi connectivity index (χ2n) is 6.64. The van der Waals surface area contributed by atoms with Crippen LogP contribution in [0.5, 0.6) is 5.75 Å². The minimum Gasteiger partial charge on any atom is -0.462 e. The first-order valence-electron chi connectivity index (χ1n) is 9.92. The first-order valence-corrected chi connectivity index (χ1v) is 9.92. The minimum absolute atomic E-state index is 0.349. The number of nitrogens with two attached hydrogens (primary N) is 1. The third-order valence-corrected chi connectivity index (χ3v) is 4.46. The van der Waals surface area contributed by atoms with Crippen LogP contribution < -0.4 is 10.7 Å². The van der Waals surface area contributed by atoms with Gasteiger partial charge in [0.1, 0.15) is 5.56 Å². The van der Waals surface area contributed by atoms with E-state index in [2.05, 4.69) is 11.8 Å². The summed E-state index contributed by atoms with van der Waals surface area (Å²) in [5.74, 6) is 5.13. The fourth-order valence-electron chi connectivity index (χ4n) is 2.92. The molecule has 0 fully saturated rings. The van der Waals surface area contributed by atoms with Crippen LogP contribution in [-0.2, 0) is 4.74 Å². The Balaban J connectivity index is 1.94. The summed E-state index contributed by atoms with van der Waals surface area (Å²) in [6, 6.07) is 6.85. The van der Waals surface area contributed by atoms with Crippen LogP contribution in [0.15, 0.2) is 24.3 Å². The number of unbranched alkanes of at least 4 members (excludes halogenated alkanes) is 11. The van der Waals surface area contributed by atoms with Gasteiger partial charge in [0.05, 0.1) is 6.61 Å². The highest BCUT2D eigenvalue weighted by atomic mass is 16.6. The van der Waals surface area contributed by atoms with Crippen molar-refractivity contribution in [2.75, 3.05) is 6.61 Å². The predicted molar refractivity (Wildman–Crippen MR) is 103 cm³/mol. The maximum absolute atomic E-state index is 12.0. The average Bonchev–Trinajstić information content (AvgIpc) is 2.65. The van der Waals surface area contributed by atoms with Crippen LogP contribution in [0.1, 0.15) is 94.3 Å². The second kappa shape index (κ2) is 14.8. The third-order valence-electron chi connectivity index (χ3n) is 4.46. The Kier molecular flexibility index (Phi) is 12.7. The number of carbonyl (C=O) groups excluding carboxylic acids is 1. The molecule has 1 aromatic rings. The van der Waals surface area contributed by atoms with Crippen molar-refractivity contribution in [3.63, 3.8) is 0 Å². The van der Waals surface area contributed by atoms with Crippen LogP contribution in [0.2, 0.25) is 0 Å². The van der Waals surface area contributed by atoms with E-state index in [1.807, 2.05) is 0 Å². The van der Waals surface area contributed by atoms with Crippen molar-refractivity contribution in [2.24, 2.45) is 5.90 Å². The van der Waals surface area contributed by atoms with Crippen molar-refractivity contribution in [3.8, 4) is 5.75 Å². The van der Waals surface area contributed by atoms with Gasteiger partial charge in [-0.3, -0.25) is 0 Å². The van der Waals surface area contributed by atoms with Gasteiger partial charge in [-0.05, 0) is 18.6 Å². The lowest BCUT2D eigenvalue weighted by atomic mass is 10.1. The van der Waals surface area contributed by atoms with Gasteiger partial charge in [-0.1, -0.05) is 89.7 Å². The molecule has 0 heterocycles. The average molecular weight is 350 g/mol. The molecule has 4 nitrogen and oxygen atoms in total. The molecule has 0 saturated heterocycles. The highest BCUT2D eigenvalue weighted by molar-refractivity contribution is 5.92. The van der Waals surface area contributed by atoms with Gasteiger partial charge in [0.2, 0.25) is 0 Å². The van der Waals surface area contributed by atoms with E-state index in [1.165, 1.54) is 64.2 Å². The lowest BCUT2D eigenvalue weighted by Crippen LogP contribution is -2.11. The third kappa shape index (κ3) is 10.1. The number of benzene rings is 1. The highest BCUT2D eigenvalue weighted by Gasteiger charge is 2.12. The lowest BCUT2D eigenvalue weighted by Gasteiger charge is -2.08. The zero-order valence-electron chi connectivity index (χ0n) is 15.8. The van der Waals surface area contributed by atoms with Crippen molar-refractivity contribution in [1.82, 2.24) is 0 Å². The summed E-state index contributed by atoms with van der Waals surface area (Å²) in [5.41, 5.74) is 0.379. The van der Waals surface area contributed by atoms with E-state index in [1.54, 1.807) is 24.3 Å². The van der Waals surface area contributed by atoms with E-state index in [9.17, 15) is 4.79 Å². The molecule has 1 aromatic carbocycles. The quantitative estimate of drug-likeness (QED) is 0.247. The van der Waals surface area contributed by atoms with Crippen LogP contribution >= 0.6 is 0 Å². The number of hydrogen-bond donors (Lipinski definition) is 1. The molecule has 0 radical (unpaired) electrons. The molecule has 2 N–H and O–H groups in total. The minimum atomic E-state index is -0.371. The number of hydrogen-bond acceptors (Lipinski definition) is 4. The molecule has 1 rings (SSSR count). The van der Waals surface area contributed by atoms with Gasteiger partial charge in [0, 0.05) is 0 Å². The van der Waals surface area contributed by atoms with Gasteiger partial charge >= 0.3 is 5.97 Å². The van der Waals surface area contributed by atoms with Crippen LogP contribution in [0.4, 0.5) is 0 Å². The molecule has 0 aliphatic rings. The SMILES string of the molecule is CCCCCCCCCCCCCCOC(=O)c1ccccc1ON. The van der Waals surface area contributed by atoms with E-state index in [-0.39, 0.29) is 5.97 Å². The van der Waals surface area contributed by atoms with Crippen molar-refractivity contribution < 1.29 is 14.4 Å². The number of carbonyl (C=O) groups is 1. The van der Waals surface area contributed by atoms with Crippen molar-refractivity contribution >= 4 is 5.97 Å². The Morgan fingerprint density at radius 3 is 1.92 bits per heavy atom. The maximum atomic E-state index is 12.0. The van der Waals surface area contributed by atoms with E-state index in [4.69, 9.17) is 10.6 Å². The molecule has 0 saturated carbocycles. The summed E-state index contributed by atoms with van der Waals surface area (Å²) in [4.78, 5) is 16.7.